The van der Waals surface area contributed by atoms with Crippen LogP contribution in [0.3, 0.4) is 0 Å². The maximum absolute atomic E-state index is 3.56. The van der Waals surface area contributed by atoms with E-state index in [2.05, 4.69) is 54.0 Å². The molecular formula is C17H32. The zero-order chi connectivity index (χ0) is 14.5. The van der Waals surface area contributed by atoms with Crippen molar-refractivity contribution < 1.29 is 0 Å². The van der Waals surface area contributed by atoms with Gasteiger partial charge in [-0.3, -0.25) is 0 Å². The van der Waals surface area contributed by atoms with Gasteiger partial charge in [-0.25, -0.2) is 0 Å². The molecule has 0 saturated carbocycles. The molecule has 0 saturated heterocycles. The average molecular weight is 236 g/mol. The van der Waals surface area contributed by atoms with E-state index in [1.54, 1.807) is 12.2 Å². The Morgan fingerprint density at radius 2 is 1.06 bits per heavy atom. The maximum atomic E-state index is 3.56. The van der Waals surface area contributed by atoms with Gasteiger partial charge < -0.3 is 0 Å². The van der Waals surface area contributed by atoms with Crippen LogP contribution in [0.5, 0.6) is 0 Å². The van der Waals surface area contributed by atoms with Gasteiger partial charge in [-0.2, -0.15) is 0 Å². The highest BCUT2D eigenvalue weighted by Gasteiger charge is 2.09. The number of rotatable bonds is 4. The van der Waals surface area contributed by atoms with Gasteiger partial charge in [0.1, 0.15) is 0 Å². The smallest absolute Gasteiger partial charge is 0.0359 e. The van der Waals surface area contributed by atoms with E-state index < -0.39 is 0 Å². The van der Waals surface area contributed by atoms with Gasteiger partial charge in [0.05, 0.1) is 0 Å². The summed E-state index contributed by atoms with van der Waals surface area (Å²) in [5, 5.41) is 0. The standard InChI is InChI=1S/C7H16.2C5H8/c1-5-7(3,4)6-2;2*1-4-5(2)3/h5-6H2,1-4H3;2*4H,1-2H2,3H3. The van der Waals surface area contributed by atoms with Crippen LogP contribution >= 0.6 is 0 Å². The fourth-order valence-electron chi connectivity index (χ4n) is 0.250. The van der Waals surface area contributed by atoms with Crippen LogP contribution in [-0.2, 0) is 0 Å². The third kappa shape index (κ3) is 31.3. The molecule has 0 aromatic rings. The van der Waals surface area contributed by atoms with Gasteiger partial charge in [0.15, 0.2) is 0 Å². The van der Waals surface area contributed by atoms with Crippen molar-refractivity contribution in [3.05, 3.63) is 49.6 Å². The summed E-state index contributed by atoms with van der Waals surface area (Å²) in [6.45, 7) is 26.9. The van der Waals surface area contributed by atoms with Crippen LogP contribution in [0.4, 0.5) is 0 Å². The topological polar surface area (TPSA) is 0 Å². The van der Waals surface area contributed by atoms with Crippen LogP contribution < -0.4 is 0 Å². The van der Waals surface area contributed by atoms with Crippen molar-refractivity contribution in [3.8, 4) is 0 Å². The summed E-state index contributed by atoms with van der Waals surface area (Å²) >= 11 is 0. The molecule has 0 aromatic carbocycles. The lowest BCUT2D eigenvalue weighted by Gasteiger charge is -2.18. The fraction of sp³-hybridized carbons (Fsp3) is 0.529. The normalized spacial score (nSPS) is 8.82. The Balaban J connectivity index is -0.000000177. The second-order valence-corrected chi connectivity index (χ2v) is 4.97. The fourth-order valence-corrected chi connectivity index (χ4v) is 0.250. The van der Waals surface area contributed by atoms with Crippen LogP contribution in [0.2, 0.25) is 0 Å². The first-order chi connectivity index (χ1) is 7.66. The van der Waals surface area contributed by atoms with E-state index >= 15 is 0 Å². The predicted octanol–water partition coefficient (Wildman–Crippen LogP) is 6.33. The molecule has 0 atom stereocenters. The van der Waals surface area contributed by atoms with Gasteiger partial charge in [-0.15, -0.1) is 0 Å². The molecule has 0 spiro atoms. The third-order valence-electron chi connectivity index (χ3n) is 2.61. The molecule has 0 heteroatoms. The summed E-state index contributed by atoms with van der Waals surface area (Å²) in [5.74, 6) is 0. The molecule has 0 unspecified atom stereocenters. The molecule has 0 nitrogen and oxygen atoms in total. The first-order valence-electron chi connectivity index (χ1n) is 6.22. The molecule has 0 aliphatic heterocycles. The molecule has 0 fully saturated rings. The Labute approximate surface area is 110 Å². The summed E-state index contributed by atoms with van der Waals surface area (Å²) < 4.78 is 0. The van der Waals surface area contributed by atoms with Crippen LogP contribution in [-0.4, -0.2) is 0 Å². The Hall–Kier alpha value is -1.04. The van der Waals surface area contributed by atoms with Gasteiger partial charge in [0.25, 0.3) is 0 Å². The zero-order valence-corrected chi connectivity index (χ0v) is 12.9. The van der Waals surface area contributed by atoms with Crippen molar-refractivity contribution in [1.29, 1.82) is 0 Å². The molecule has 0 N–H and O–H groups in total. The molecule has 0 radical (unpaired) electrons. The highest BCUT2D eigenvalue weighted by Crippen LogP contribution is 2.22. The van der Waals surface area contributed by atoms with Crippen molar-refractivity contribution >= 4 is 0 Å². The molecule has 0 rings (SSSR count). The summed E-state index contributed by atoms with van der Waals surface area (Å²) in [5.41, 5.74) is 2.62. The summed E-state index contributed by atoms with van der Waals surface area (Å²) in [7, 11) is 0. The lowest BCUT2D eigenvalue weighted by Crippen LogP contribution is -2.05. The van der Waals surface area contributed by atoms with E-state index in [9.17, 15) is 0 Å². The van der Waals surface area contributed by atoms with Gasteiger partial charge in [-0.05, 0) is 19.3 Å². The molecular weight excluding hydrogens is 204 g/mol. The second-order valence-electron chi connectivity index (χ2n) is 4.97. The van der Waals surface area contributed by atoms with Crippen LogP contribution in [0.25, 0.3) is 0 Å². The lowest BCUT2D eigenvalue weighted by molar-refractivity contribution is 0.338. The third-order valence-corrected chi connectivity index (χ3v) is 2.61. The summed E-state index contributed by atoms with van der Waals surface area (Å²) in [6.07, 6.45) is 6.03. The monoisotopic (exact) mass is 236 g/mol. The van der Waals surface area contributed by atoms with E-state index in [1.165, 1.54) is 12.8 Å². The van der Waals surface area contributed by atoms with Crippen molar-refractivity contribution in [1.82, 2.24) is 0 Å². The Morgan fingerprint density at radius 3 is 1.06 bits per heavy atom. The highest BCUT2D eigenvalue weighted by molar-refractivity contribution is 5.06. The second kappa shape index (κ2) is 13.0. The molecule has 0 amide bonds. The lowest BCUT2D eigenvalue weighted by atomic mass is 9.88. The van der Waals surface area contributed by atoms with Crippen molar-refractivity contribution in [2.45, 2.75) is 54.4 Å². The zero-order valence-electron chi connectivity index (χ0n) is 12.9. The largest absolute Gasteiger partial charge is 0.0988 e. The molecule has 0 heterocycles. The number of hydrogen-bond donors (Lipinski definition) is 0. The molecule has 0 aliphatic carbocycles. The number of allylic oxidation sites excluding steroid dienone is 4. The predicted molar refractivity (Wildman–Crippen MR) is 84.4 cm³/mol. The molecule has 0 aliphatic rings. The summed E-state index contributed by atoms with van der Waals surface area (Å²) in [4.78, 5) is 0. The Kier molecular flexibility index (Phi) is 16.3. The van der Waals surface area contributed by atoms with E-state index in [-0.39, 0.29) is 0 Å². The number of hydrogen-bond acceptors (Lipinski definition) is 0. The maximum Gasteiger partial charge on any atom is -0.0359 e. The highest BCUT2D eigenvalue weighted by atomic mass is 14.1. The van der Waals surface area contributed by atoms with E-state index in [0.717, 1.165) is 11.1 Å². The minimum Gasteiger partial charge on any atom is -0.0988 e. The minimum absolute atomic E-state index is 0.583. The van der Waals surface area contributed by atoms with Crippen molar-refractivity contribution in [2.24, 2.45) is 5.41 Å². The molecule has 0 bridgehead atoms. The van der Waals surface area contributed by atoms with Gasteiger partial charge in [0.2, 0.25) is 0 Å². The van der Waals surface area contributed by atoms with E-state index in [1.807, 2.05) is 13.8 Å². The van der Waals surface area contributed by atoms with Gasteiger partial charge in [0, 0.05) is 0 Å². The van der Waals surface area contributed by atoms with Crippen LogP contribution in [0, 0.1) is 5.41 Å². The Bertz CT molecular complexity index is 204. The van der Waals surface area contributed by atoms with Crippen molar-refractivity contribution in [3.63, 3.8) is 0 Å². The molecule has 100 valence electrons. The van der Waals surface area contributed by atoms with Gasteiger partial charge in [-0.1, -0.05) is 90.2 Å². The Morgan fingerprint density at radius 1 is 0.882 bits per heavy atom. The molecule has 0 aromatic heterocycles. The van der Waals surface area contributed by atoms with Crippen LogP contribution in [0.1, 0.15) is 54.4 Å². The first kappa shape index (κ1) is 21.3. The van der Waals surface area contributed by atoms with Crippen LogP contribution in [0.15, 0.2) is 49.6 Å². The average Bonchev–Trinajstić information content (AvgIpc) is 2.30. The van der Waals surface area contributed by atoms with E-state index in [0.29, 0.717) is 5.41 Å². The quantitative estimate of drug-likeness (QED) is 0.500. The van der Waals surface area contributed by atoms with E-state index in [4.69, 9.17) is 0 Å². The van der Waals surface area contributed by atoms with Gasteiger partial charge >= 0.3 is 0 Å². The molecule has 17 heavy (non-hydrogen) atoms. The SMILES string of the molecule is C=CC(=C)C.C=CC(=C)C.CCC(C)(C)CC. The minimum atomic E-state index is 0.583. The summed E-state index contributed by atoms with van der Waals surface area (Å²) in [6, 6.07) is 0. The first-order valence-corrected chi connectivity index (χ1v) is 6.22. The van der Waals surface area contributed by atoms with Crippen molar-refractivity contribution in [2.75, 3.05) is 0 Å².